The predicted octanol–water partition coefficient (Wildman–Crippen LogP) is -0.797. The van der Waals surface area contributed by atoms with E-state index in [9.17, 15) is 0 Å². The summed E-state index contributed by atoms with van der Waals surface area (Å²) in [6, 6.07) is 0. The van der Waals surface area contributed by atoms with E-state index in [1.54, 1.807) is 6.20 Å². The number of aromatic amines is 1. The molecule has 1 heterocycles. The quantitative estimate of drug-likeness (QED) is 0.401. The van der Waals surface area contributed by atoms with Crippen LogP contribution in [0.4, 0.5) is 0 Å². The molecule has 0 aliphatic heterocycles. The summed E-state index contributed by atoms with van der Waals surface area (Å²) in [6.07, 6.45) is 3.62. The Hall–Kier alpha value is -0.193. The minimum absolute atomic E-state index is 1.18. The third-order valence-electron chi connectivity index (χ3n) is 0.635. The van der Waals surface area contributed by atoms with Gasteiger partial charge in [-0.1, -0.05) is 0 Å². The topological polar surface area (TPSA) is 28.7 Å². The van der Waals surface area contributed by atoms with Gasteiger partial charge in [0.1, 0.15) is 0 Å². The molecule has 0 atom stereocenters. The van der Waals surface area contributed by atoms with Crippen LogP contribution in [0.1, 0.15) is 0 Å². The second-order valence-electron chi connectivity index (χ2n) is 1.28. The van der Waals surface area contributed by atoms with Crippen molar-refractivity contribution in [1.29, 1.82) is 0 Å². The molecule has 0 saturated carbocycles. The Morgan fingerprint density at radius 3 is 2.83 bits per heavy atom. The van der Waals surface area contributed by atoms with Gasteiger partial charge in [0.2, 0.25) is 0 Å². The Bertz CT molecular complexity index is 112. The number of hydrogen-bond acceptors (Lipinski definition) is 1. The average molecular weight is 74.0 g/mol. The second-order valence-corrected chi connectivity index (χ2v) is 1.28. The first-order valence-electron chi connectivity index (χ1n) is 1.85. The zero-order chi connectivity index (χ0) is 4.41. The molecular formula is C3H3LiN2. The molecule has 0 bridgehead atoms. The number of nitrogens with zero attached hydrogens (tertiary/aromatic N) is 1. The van der Waals surface area contributed by atoms with E-state index in [0.717, 1.165) is 0 Å². The van der Waals surface area contributed by atoms with Crippen LogP contribution in [0.5, 0.6) is 0 Å². The molecule has 0 radical (unpaired) electrons. The monoisotopic (exact) mass is 74.0 g/mol. The van der Waals surface area contributed by atoms with Gasteiger partial charge in [-0.05, 0) is 0 Å². The van der Waals surface area contributed by atoms with Crippen LogP contribution in [-0.2, 0) is 0 Å². The van der Waals surface area contributed by atoms with Crippen LogP contribution in [0.25, 0.3) is 0 Å². The Kier molecular flexibility index (Phi) is 0.997. The summed E-state index contributed by atoms with van der Waals surface area (Å²) >= 11 is 1.99. The molecule has 26 valence electrons. The van der Waals surface area contributed by atoms with E-state index in [0.29, 0.717) is 0 Å². The number of aromatic nitrogens is 2. The molecule has 0 amide bonds. The molecule has 0 saturated heterocycles. The third-order valence-corrected chi connectivity index (χ3v) is 0.635. The van der Waals surface area contributed by atoms with Crippen LogP contribution in [0.3, 0.4) is 0 Å². The van der Waals surface area contributed by atoms with Crippen molar-refractivity contribution in [3.63, 3.8) is 0 Å². The molecular weight excluding hydrogens is 71.0 g/mol. The zero-order valence-electron chi connectivity index (χ0n) is 3.60. The first-order valence-corrected chi connectivity index (χ1v) is 1.85. The van der Waals surface area contributed by atoms with Crippen molar-refractivity contribution < 1.29 is 0 Å². The normalized spacial score (nSPS) is 9.00. The molecule has 0 aromatic carbocycles. The van der Waals surface area contributed by atoms with Gasteiger partial charge in [-0.25, -0.2) is 0 Å². The first kappa shape index (κ1) is 3.98. The minimum atomic E-state index is 1.18. The van der Waals surface area contributed by atoms with Crippen molar-refractivity contribution in [3.05, 3.63) is 12.4 Å². The van der Waals surface area contributed by atoms with Crippen molar-refractivity contribution in [2.24, 2.45) is 0 Å². The van der Waals surface area contributed by atoms with E-state index in [2.05, 4.69) is 10.2 Å². The van der Waals surface area contributed by atoms with Gasteiger partial charge in [0, 0.05) is 0 Å². The fourth-order valence-electron chi connectivity index (χ4n) is 0.315. The summed E-state index contributed by atoms with van der Waals surface area (Å²) in [6.45, 7) is 0. The summed E-state index contributed by atoms with van der Waals surface area (Å²) in [4.78, 5) is 0. The van der Waals surface area contributed by atoms with Gasteiger partial charge < -0.3 is 0 Å². The molecule has 3 heteroatoms. The van der Waals surface area contributed by atoms with Gasteiger partial charge in [-0.2, -0.15) is 0 Å². The molecule has 0 aliphatic rings. The number of hydrogen-bond donors (Lipinski definition) is 1. The van der Waals surface area contributed by atoms with Crippen LogP contribution >= 0.6 is 0 Å². The summed E-state index contributed by atoms with van der Waals surface area (Å²) < 4.78 is 1.18. The predicted molar refractivity (Wildman–Crippen MR) is 24.0 cm³/mol. The van der Waals surface area contributed by atoms with E-state index < -0.39 is 0 Å². The van der Waals surface area contributed by atoms with E-state index >= 15 is 0 Å². The van der Waals surface area contributed by atoms with Crippen LogP contribution in [0, 0.1) is 0 Å². The van der Waals surface area contributed by atoms with Crippen LogP contribution < -0.4 is 4.24 Å². The fourth-order valence-corrected chi connectivity index (χ4v) is 0.315. The Morgan fingerprint density at radius 1 is 1.83 bits per heavy atom. The van der Waals surface area contributed by atoms with Crippen molar-refractivity contribution in [1.82, 2.24) is 10.2 Å². The van der Waals surface area contributed by atoms with E-state index in [-0.39, 0.29) is 0 Å². The standard InChI is InChI=1S/C3H3N2.Li/c1-2-4-5-3-1;/h2-3H,(H,4,5);. The second kappa shape index (κ2) is 1.50. The van der Waals surface area contributed by atoms with Crippen molar-refractivity contribution >= 4 is 22.0 Å². The molecule has 6 heavy (non-hydrogen) atoms. The maximum atomic E-state index is 3.70. The average Bonchev–Trinajstić information content (AvgIpc) is 1.86. The number of nitrogens with one attached hydrogen (secondary N) is 1. The van der Waals surface area contributed by atoms with Gasteiger partial charge in [-0.15, -0.1) is 0 Å². The van der Waals surface area contributed by atoms with Crippen LogP contribution in [0.2, 0.25) is 0 Å². The third kappa shape index (κ3) is 0.648. The van der Waals surface area contributed by atoms with Gasteiger partial charge in [0.15, 0.2) is 0 Å². The van der Waals surface area contributed by atoms with Gasteiger partial charge >= 0.3 is 44.5 Å². The Balaban J connectivity index is 3.05. The molecule has 0 aliphatic carbocycles. The van der Waals surface area contributed by atoms with Crippen LogP contribution in [-0.4, -0.2) is 27.9 Å². The maximum absolute atomic E-state index is 3.70. The van der Waals surface area contributed by atoms with Gasteiger partial charge in [0.25, 0.3) is 0 Å². The van der Waals surface area contributed by atoms with E-state index in [1.807, 2.05) is 23.9 Å². The van der Waals surface area contributed by atoms with Crippen LogP contribution in [0.15, 0.2) is 12.4 Å². The SMILES string of the molecule is [Li][c]1cn[nH]c1. The molecule has 0 fully saturated rings. The van der Waals surface area contributed by atoms with Gasteiger partial charge in [0.05, 0.1) is 0 Å². The number of H-pyrrole nitrogens is 1. The summed E-state index contributed by atoms with van der Waals surface area (Å²) in [5, 5.41) is 6.38. The van der Waals surface area contributed by atoms with E-state index in [4.69, 9.17) is 0 Å². The molecule has 1 N–H and O–H groups in total. The molecule has 0 spiro atoms. The van der Waals surface area contributed by atoms with E-state index in [1.165, 1.54) is 4.24 Å². The molecule has 1 aromatic rings. The molecule has 0 unspecified atom stereocenters. The van der Waals surface area contributed by atoms with Crippen molar-refractivity contribution in [2.45, 2.75) is 0 Å². The summed E-state index contributed by atoms with van der Waals surface area (Å²) in [7, 11) is 0. The first-order chi connectivity index (χ1) is 2.89. The molecule has 2 nitrogen and oxygen atoms in total. The van der Waals surface area contributed by atoms with Gasteiger partial charge in [-0.3, -0.25) is 0 Å². The van der Waals surface area contributed by atoms with Crippen molar-refractivity contribution in [3.8, 4) is 0 Å². The molecule has 1 aromatic heterocycles. The summed E-state index contributed by atoms with van der Waals surface area (Å²) in [5.41, 5.74) is 0. The fraction of sp³-hybridized carbons (Fsp3) is 0. The molecule has 1 rings (SSSR count). The summed E-state index contributed by atoms with van der Waals surface area (Å²) in [5.74, 6) is 0. The Labute approximate surface area is 45.2 Å². The number of rotatable bonds is 0. The van der Waals surface area contributed by atoms with Crippen molar-refractivity contribution in [2.75, 3.05) is 0 Å². The Morgan fingerprint density at radius 2 is 2.67 bits per heavy atom. The zero-order valence-corrected chi connectivity index (χ0v) is 3.60.